The van der Waals surface area contributed by atoms with E-state index in [1.54, 1.807) is 0 Å². The molecule has 0 spiro atoms. The van der Waals surface area contributed by atoms with Gasteiger partial charge in [0.25, 0.3) is 0 Å². The van der Waals surface area contributed by atoms with Crippen LogP contribution in [0.3, 0.4) is 0 Å². The maximum atomic E-state index is 6.29. The fraction of sp³-hybridized carbons (Fsp3) is 0.615. The van der Waals surface area contributed by atoms with Crippen LogP contribution < -0.4 is 4.90 Å². The number of rotatable bonds is 1. The van der Waals surface area contributed by atoms with Crippen molar-refractivity contribution < 1.29 is 0 Å². The van der Waals surface area contributed by atoms with Crippen molar-refractivity contribution in [2.24, 2.45) is 0 Å². The summed E-state index contributed by atoms with van der Waals surface area (Å²) in [6, 6.07) is 5.64. The normalized spacial score (nSPS) is 33.1. The summed E-state index contributed by atoms with van der Waals surface area (Å²) in [6.07, 6.45) is 6.79. The number of alkyl halides is 1. The van der Waals surface area contributed by atoms with E-state index in [4.69, 9.17) is 11.6 Å². The molecule has 0 aliphatic carbocycles. The van der Waals surface area contributed by atoms with Crippen molar-refractivity contribution in [3.8, 4) is 0 Å². The quantitative estimate of drug-likeness (QED) is 0.697. The average molecular weight is 237 g/mol. The molecular formula is C13H17ClN2. The van der Waals surface area contributed by atoms with Gasteiger partial charge in [-0.05, 0) is 44.7 Å². The van der Waals surface area contributed by atoms with Crippen LogP contribution in [0.25, 0.3) is 0 Å². The van der Waals surface area contributed by atoms with Crippen LogP contribution in [0.15, 0.2) is 18.3 Å². The summed E-state index contributed by atoms with van der Waals surface area (Å²) >= 11 is 6.29. The van der Waals surface area contributed by atoms with Crippen LogP contribution in [0, 0.1) is 6.92 Å². The summed E-state index contributed by atoms with van der Waals surface area (Å²) in [6.45, 7) is 2.06. The lowest BCUT2D eigenvalue weighted by Gasteiger charge is -2.38. The highest BCUT2D eigenvalue weighted by molar-refractivity contribution is 6.20. The first-order chi connectivity index (χ1) is 7.74. The summed E-state index contributed by atoms with van der Waals surface area (Å²) < 4.78 is 0. The van der Waals surface area contributed by atoms with E-state index >= 15 is 0 Å². The number of hydrogen-bond donors (Lipinski definition) is 0. The van der Waals surface area contributed by atoms with Crippen LogP contribution in [-0.2, 0) is 0 Å². The van der Waals surface area contributed by atoms with Gasteiger partial charge < -0.3 is 4.90 Å². The molecule has 2 aliphatic heterocycles. The average Bonchev–Trinajstić information content (AvgIpc) is 2.51. The molecule has 0 radical (unpaired) electrons. The number of nitrogens with zero attached hydrogens (tertiary/aromatic N) is 2. The van der Waals surface area contributed by atoms with Crippen molar-refractivity contribution in [3.63, 3.8) is 0 Å². The zero-order valence-electron chi connectivity index (χ0n) is 9.56. The molecule has 2 saturated heterocycles. The summed E-state index contributed by atoms with van der Waals surface area (Å²) in [5.74, 6) is 0. The lowest BCUT2D eigenvalue weighted by atomic mass is 10.0. The first-order valence-corrected chi connectivity index (χ1v) is 6.53. The van der Waals surface area contributed by atoms with Crippen molar-refractivity contribution in [1.82, 2.24) is 4.98 Å². The summed E-state index contributed by atoms with van der Waals surface area (Å²) in [4.78, 5) is 6.84. The maximum absolute atomic E-state index is 6.29. The van der Waals surface area contributed by atoms with Gasteiger partial charge >= 0.3 is 0 Å². The zero-order valence-corrected chi connectivity index (χ0v) is 10.3. The minimum Gasteiger partial charge on any atom is -0.365 e. The monoisotopic (exact) mass is 236 g/mol. The molecule has 0 aromatic carbocycles. The molecular weight excluding hydrogens is 220 g/mol. The molecule has 0 saturated carbocycles. The van der Waals surface area contributed by atoms with E-state index in [9.17, 15) is 0 Å². The molecule has 2 unspecified atom stereocenters. The molecule has 1 aromatic heterocycles. The van der Waals surface area contributed by atoms with Crippen LogP contribution >= 0.6 is 11.6 Å². The topological polar surface area (TPSA) is 16.1 Å². The predicted octanol–water partition coefficient (Wildman–Crippen LogP) is 3.13. The van der Waals surface area contributed by atoms with Crippen LogP contribution in [0.1, 0.15) is 31.4 Å². The molecule has 3 heteroatoms. The molecule has 3 rings (SSSR count). The number of anilines is 1. The molecule has 3 heterocycles. The smallest absolute Gasteiger partial charge is 0.0404 e. The van der Waals surface area contributed by atoms with Gasteiger partial charge in [0, 0.05) is 35.0 Å². The molecule has 2 atom stereocenters. The first kappa shape index (κ1) is 10.4. The number of hydrogen-bond acceptors (Lipinski definition) is 2. The van der Waals surface area contributed by atoms with E-state index in [1.807, 2.05) is 6.20 Å². The van der Waals surface area contributed by atoms with Gasteiger partial charge in [-0.25, -0.2) is 0 Å². The van der Waals surface area contributed by atoms with Crippen LogP contribution in [-0.4, -0.2) is 22.4 Å². The Hall–Kier alpha value is -0.760. The minimum atomic E-state index is 0.386. The van der Waals surface area contributed by atoms with Crippen molar-refractivity contribution in [3.05, 3.63) is 24.0 Å². The molecule has 86 valence electrons. The van der Waals surface area contributed by atoms with Gasteiger partial charge in [0.2, 0.25) is 0 Å². The fourth-order valence-corrected chi connectivity index (χ4v) is 3.63. The van der Waals surface area contributed by atoms with Crippen molar-refractivity contribution >= 4 is 17.3 Å². The van der Waals surface area contributed by atoms with Gasteiger partial charge in [-0.15, -0.1) is 11.6 Å². The van der Waals surface area contributed by atoms with Crippen LogP contribution in [0.5, 0.6) is 0 Å². The number of halogens is 1. The van der Waals surface area contributed by atoms with E-state index < -0.39 is 0 Å². The summed E-state index contributed by atoms with van der Waals surface area (Å²) in [5.41, 5.74) is 2.44. The van der Waals surface area contributed by atoms with Gasteiger partial charge in [0.1, 0.15) is 0 Å². The number of fused-ring (bicyclic) bond motifs is 2. The van der Waals surface area contributed by atoms with E-state index in [1.165, 1.54) is 18.5 Å². The van der Waals surface area contributed by atoms with Crippen molar-refractivity contribution in [2.75, 3.05) is 4.90 Å². The summed E-state index contributed by atoms with van der Waals surface area (Å²) in [7, 11) is 0. The number of aryl methyl sites for hydroxylation is 1. The largest absolute Gasteiger partial charge is 0.365 e. The van der Waals surface area contributed by atoms with E-state index in [-0.39, 0.29) is 0 Å². The van der Waals surface area contributed by atoms with Crippen molar-refractivity contribution in [2.45, 2.75) is 50.1 Å². The predicted molar refractivity (Wildman–Crippen MR) is 67.1 cm³/mol. The Balaban J connectivity index is 1.91. The molecule has 0 amide bonds. The number of piperidine rings is 1. The van der Waals surface area contributed by atoms with E-state index in [2.05, 4.69) is 28.9 Å². The van der Waals surface area contributed by atoms with Gasteiger partial charge in [0.15, 0.2) is 0 Å². The van der Waals surface area contributed by atoms with Crippen molar-refractivity contribution in [1.29, 1.82) is 0 Å². The SMILES string of the molecule is Cc1cc(N2C3CCC2CC(Cl)C3)ccn1. The Morgan fingerprint density at radius 2 is 2.00 bits per heavy atom. The third-order valence-corrected chi connectivity index (χ3v) is 4.21. The van der Waals surface area contributed by atoms with E-state index in [0.717, 1.165) is 18.5 Å². The molecule has 2 nitrogen and oxygen atoms in total. The van der Waals surface area contributed by atoms with Crippen LogP contribution in [0.4, 0.5) is 5.69 Å². The van der Waals surface area contributed by atoms with Gasteiger partial charge in [-0.3, -0.25) is 4.98 Å². The highest BCUT2D eigenvalue weighted by atomic mass is 35.5. The number of pyridine rings is 1. The van der Waals surface area contributed by atoms with E-state index in [0.29, 0.717) is 17.5 Å². The number of aromatic nitrogens is 1. The Morgan fingerprint density at radius 1 is 1.31 bits per heavy atom. The molecule has 2 aliphatic rings. The molecule has 1 aromatic rings. The first-order valence-electron chi connectivity index (χ1n) is 6.09. The zero-order chi connectivity index (χ0) is 11.1. The lowest BCUT2D eigenvalue weighted by Crippen LogP contribution is -2.43. The second-order valence-electron chi connectivity index (χ2n) is 5.02. The third-order valence-electron chi connectivity index (χ3n) is 3.85. The van der Waals surface area contributed by atoms with Gasteiger partial charge in [-0.1, -0.05) is 0 Å². The third kappa shape index (κ3) is 1.69. The minimum absolute atomic E-state index is 0.386. The summed E-state index contributed by atoms with van der Waals surface area (Å²) in [5, 5.41) is 0.386. The van der Waals surface area contributed by atoms with Crippen LogP contribution in [0.2, 0.25) is 0 Å². The Bertz CT molecular complexity index is 379. The Labute approximate surface area is 102 Å². The lowest BCUT2D eigenvalue weighted by molar-refractivity contribution is 0.474. The Kier molecular flexibility index (Phi) is 2.55. The molecule has 2 fully saturated rings. The highest BCUT2D eigenvalue weighted by Gasteiger charge is 2.40. The Morgan fingerprint density at radius 3 is 2.62 bits per heavy atom. The van der Waals surface area contributed by atoms with Gasteiger partial charge in [0.05, 0.1) is 0 Å². The molecule has 0 N–H and O–H groups in total. The second-order valence-corrected chi connectivity index (χ2v) is 5.63. The molecule has 2 bridgehead atoms. The van der Waals surface area contributed by atoms with Gasteiger partial charge in [-0.2, -0.15) is 0 Å². The second kappa shape index (κ2) is 3.92. The standard InChI is InChI=1S/C13H17ClN2/c1-9-6-13(4-5-15-9)16-11-2-3-12(16)8-10(14)7-11/h4-6,10-12H,2-3,7-8H2,1H3. The molecule has 16 heavy (non-hydrogen) atoms. The maximum Gasteiger partial charge on any atom is 0.0404 e. The fourth-order valence-electron chi connectivity index (χ4n) is 3.22. The highest BCUT2D eigenvalue weighted by Crippen LogP contribution is 2.40.